The van der Waals surface area contributed by atoms with Crippen LogP contribution in [-0.4, -0.2) is 28.9 Å². The number of imide groups is 1. The van der Waals surface area contributed by atoms with Crippen LogP contribution in [0.4, 0.5) is 11.4 Å². The van der Waals surface area contributed by atoms with E-state index in [2.05, 4.69) is 5.32 Å². The molecule has 1 fully saturated rings. The smallest absolute Gasteiger partial charge is 0.335 e. The van der Waals surface area contributed by atoms with E-state index in [9.17, 15) is 14.4 Å². The molecule has 4 rings (SSSR count). The highest BCUT2D eigenvalue weighted by atomic mass is 16.5. The van der Waals surface area contributed by atoms with Gasteiger partial charge in [0.05, 0.1) is 17.7 Å². The van der Waals surface area contributed by atoms with Gasteiger partial charge >= 0.3 is 5.97 Å². The molecular formula is C23H18N2O5. The first-order valence-corrected chi connectivity index (χ1v) is 9.31. The molecule has 0 radical (unpaired) electrons. The normalized spacial score (nSPS) is 15.9. The van der Waals surface area contributed by atoms with Crippen LogP contribution in [0.1, 0.15) is 16.8 Å². The number of aromatic carboxylic acids is 1. The molecule has 2 amide bonds. The van der Waals surface area contributed by atoms with E-state index >= 15 is 0 Å². The number of ether oxygens (including phenoxy) is 1. The van der Waals surface area contributed by atoms with Crippen LogP contribution in [0.25, 0.3) is 0 Å². The zero-order chi connectivity index (χ0) is 21.1. The summed E-state index contributed by atoms with van der Waals surface area (Å²) in [6, 6.07) is 21.5. The fourth-order valence-electron chi connectivity index (χ4n) is 3.24. The first-order valence-electron chi connectivity index (χ1n) is 9.31. The van der Waals surface area contributed by atoms with Crippen molar-refractivity contribution in [1.82, 2.24) is 0 Å². The van der Waals surface area contributed by atoms with Gasteiger partial charge in [0.1, 0.15) is 17.5 Å². The van der Waals surface area contributed by atoms with E-state index in [1.54, 1.807) is 30.3 Å². The highest BCUT2D eigenvalue weighted by molar-refractivity contribution is 6.23. The minimum absolute atomic E-state index is 0.0125. The number of nitrogens with zero attached hydrogens (tertiary/aromatic N) is 1. The highest BCUT2D eigenvalue weighted by Crippen LogP contribution is 2.27. The molecule has 150 valence electrons. The maximum absolute atomic E-state index is 12.8. The predicted molar refractivity (Wildman–Crippen MR) is 111 cm³/mol. The van der Waals surface area contributed by atoms with Crippen molar-refractivity contribution in [3.63, 3.8) is 0 Å². The molecule has 7 heteroatoms. The lowest BCUT2D eigenvalue weighted by Gasteiger charge is -2.16. The van der Waals surface area contributed by atoms with Crippen molar-refractivity contribution in [2.24, 2.45) is 0 Å². The van der Waals surface area contributed by atoms with Crippen molar-refractivity contribution in [3.05, 3.63) is 84.4 Å². The SMILES string of the molecule is O=C(O)c1cccc(N2C(=O)CC(Nc3ccc(Oc4ccccc4)cc3)C2=O)c1. The summed E-state index contributed by atoms with van der Waals surface area (Å²) >= 11 is 0. The largest absolute Gasteiger partial charge is 0.478 e. The molecule has 0 aliphatic carbocycles. The van der Waals surface area contributed by atoms with E-state index in [1.807, 2.05) is 30.3 Å². The number of carboxylic acid groups (broad SMARTS) is 1. The van der Waals surface area contributed by atoms with Crippen LogP contribution >= 0.6 is 0 Å². The number of rotatable bonds is 6. The van der Waals surface area contributed by atoms with Gasteiger partial charge in [-0.3, -0.25) is 9.59 Å². The fraction of sp³-hybridized carbons (Fsp3) is 0.0870. The highest BCUT2D eigenvalue weighted by Gasteiger charge is 2.39. The number of anilines is 2. The Labute approximate surface area is 172 Å². The monoisotopic (exact) mass is 402 g/mol. The fourth-order valence-corrected chi connectivity index (χ4v) is 3.24. The average Bonchev–Trinajstić information content (AvgIpc) is 3.03. The third-order valence-electron chi connectivity index (χ3n) is 4.67. The third kappa shape index (κ3) is 4.00. The number of carbonyl (C=O) groups excluding carboxylic acids is 2. The minimum Gasteiger partial charge on any atom is -0.478 e. The zero-order valence-corrected chi connectivity index (χ0v) is 15.8. The molecule has 1 aliphatic heterocycles. The topological polar surface area (TPSA) is 95.9 Å². The molecule has 0 saturated carbocycles. The Bertz CT molecular complexity index is 1100. The van der Waals surface area contributed by atoms with Gasteiger partial charge in [-0.05, 0) is 54.6 Å². The van der Waals surface area contributed by atoms with Gasteiger partial charge in [-0.15, -0.1) is 0 Å². The number of nitrogens with one attached hydrogen (secondary N) is 1. The molecule has 1 unspecified atom stereocenters. The van der Waals surface area contributed by atoms with Crippen molar-refractivity contribution >= 4 is 29.2 Å². The van der Waals surface area contributed by atoms with Gasteiger partial charge in [-0.2, -0.15) is 0 Å². The molecule has 1 saturated heterocycles. The average molecular weight is 402 g/mol. The zero-order valence-electron chi connectivity index (χ0n) is 15.8. The second kappa shape index (κ2) is 8.08. The van der Waals surface area contributed by atoms with Crippen LogP contribution in [0.15, 0.2) is 78.9 Å². The Hall–Kier alpha value is -4.13. The maximum Gasteiger partial charge on any atom is 0.335 e. The summed E-state index contributed by atoms with van der Waals surface area (Å²) in [5.41, 5.74) is 0.932. The van der Waals surface area contributed by atoms with Crippen molar-refractivity contribution in [2.45, 2.75) is 12.5 Å². The van der Waals surface area contributed by atoms with Crippen LogP contribution in [0, 0.1) is 0 Å². The maximum atomic E-state index is 12.8. The first kappa shape index (κ1) is 19.2. The molecule has 1 atom stereocenters. The molecule has 0 bridgehead atoms. The lowest BCUT2D eigenvalue weighted by atomic mass is 10.2. The summed E-state index contributed by atoms with van der Waals surface area (Å²) in [5, 5.41) is 12.2. The molecule has 0 aromatic heterocycles. The van der Waals surface area contributed by atoms with E-state index in [0.29, 0.717) is 17.2 Å². The van der Waals surface area contributed by atoms with E-state index in [0.717, 1.165) is 4.90 Å². The third-order valence-corrected chi connectivity index (χ3v) is 4.67. The molecule has 1 heterocycles. The lowest BCUT2D eigenvalue weighted by molar-refractivity contribution is -0.121. The first-order chi connectivity index (χ1) is 14.5. The predicted octanol–water partition coefficient (Wildman–Crippen LogP) is 3.92. The Kier molecular flexibility index (Phi) is 5.17. The number of carboxylic acids is 1. The molecule has 3 aromatic carbocycles. The summed E-state index contributed by atoms with van der Waals surface area (Å²) in [6.07, 6.45) is -0.0155. The molecule has 0 spiro atoms. The van der Waals surface area contributed by atoms with Gasteiger partial charge in [0.15, 0.2) is 0 Å². The Morgan fingerprint density at radius 3 is 2.33 bits per heavy atom. The second-order valence-electron chi connectivity index (χ2n) is 6.76. The van der Waals surface area contributed by atoms with Gasteiger partial charge in [-0.25, -0.2) is 9.69 Å². The Balaban J connectivity index is 1.45. The van der Waals surface area contributed by atoms with Crippen molar-refractivity contribution in [2.75, 3.05) is 10.2 Å². The second-order valence-corrected chi connectivity index (χ2v) is 6.76. The summed E-state index contributed by atoms with van der Waals surface area (Å²) < 4.78 is 5.74. The molecular weight excluding hydrogens is 384 g/mol. The van der Waals surface area contributed by atoms with E-state index in [4.69, 9.17) is 9.84 Å². The van der Waals surface area contributed by atoms with Crippen molar-refractivity contribution < 1.29 is 24.2 Å². The standard InChI is InChI=1S/C23H18N2O5/c26-21-14-20(22(27)25(21)17-6-4-5-15(13-17)23(28)29)24-16-9-11-19(12-10-16)30-18-7-2-1-3-8-18/h1-13,20,24H,14H2,(H,28,29). The summed E-state index contributed by atoms with van der Waals surface area (Å²) in [6.45, 7) is 0. The van der Waals surface area contributed by atoms with Crippen LogP contribution in [0.2, 0.25) is 0 Å². The van der Waals surface area contributed by atoms with Crippen LogP contribution in [-0.2, 0) is 9.59 Å². The quantitative estimate of drug-likeness (QED) is 0.607. The van der Waals surface area contributed by atoms with E-state index in [1.165, 1.54) is 18.2 Å². The Morgan fingerprint density at radius 2 is 1.63 bits per heavy atom. The molecule has 2 N–H and O–H groups in total. The lowest BCUT2D eigenvalue weighted by Crippen LogP contribution is -2.34. The van der Waals surface area contributed by atoms with Crippen LogP contribution in [0.5, 0.6) is 11.5 Å². The minimum atomic E-state index is -1.12. The molecule has 30 heavy (non-hydrogen) atoms. The number of para-hydroxylation sites is 1. The van der Waals surface area contributed by atoms with Crippen molar-refractivity contribution in [1.29, 1.82) is 0 Å². The number of amides is 2. The van der Waals surface area contributed by atoms with Gasteiger partial charge in [-0.1, -0.05) is 24.3 Å². The molecule has 3 aromatic rings. The number of hydrogen-bond acceptors (Lipinski definition) is 5. The van der Waals surface area contributed by atoms with E-state index < -0.39 is 17.9 Å². The number of hydrogen-bond donors (Lipinski definition) is 2. The summed E-state index contributed by atoms with van der Waals surface area (Å²) in [7, 11) is 0. The summed E-state index contributed by atoms with van der Waals surface area (Å²) in [4.78, 5) is 37.4. The van der Waals surface area contributed by atoms with Gasteiger partial charge in [0.25, 0.3) is 5.91 Å². The summed E-state index contributed by atoms with van der Waals surface area (Å²) in [5.74, 6) is -0.568. The number of carbonyl (C=O) groups is 3. The van der Waals surface area contributed by atoms with E-state index in [-0.39, 0.29) is 23.6 Å². The Morgan fingerprint density at radius 1 is 0.933 bits per heavy atom. The van der Waals surface area contributed by atoms with Crippen LogP contribution < -0.4 is 15.0 Å². The molecule has 7 nitrogen and oxygen atoms in total. The number of benzene rings is 3. The van der Waals surface area contributed by atoms with Crippen LogP contribution in [0.3, 0.4) is 0 Å². The van der Waals surface area contributed by atoms with Gasteiger partial charge < -0.3 is 15.2 Å². The van der Waals surface area contributed by atoms with Crippen molar-refractivity contribution in [3.8, 4) is 11.5 Å². The molecule has 1 aliphatic rings. The van der Waals surface area contributed by atoms with Gasteiger partial charge in [0.2, 0.25) is 5.91 Å². The van der Waals surface area contributed by atoms with Gasteiger partial charge in [0, 0.05) is 5.69 Å².